The maximum atomic E-state index is 12.4. The Kier molecular flexibility index (Phi) is 8.61. The molecule has 3 aromatic rings. The number of aryl methyl sites for hydroxylation is 3. The smallest absolute Gasteiger partial charge is 0.305 e. The van der Waals surface area contributed by atoms with E-state index in [1.54, 1.807) is 12.2 Å². The van der Waals surface area contributed by atoms with E-state index in [0.29, 0.717) is 25.7 Å². The summed E-state index contributed by atoms with van der Waals surface area (Å²) < 4.78 is 5.02. The molecular weight excluding hydrogens is 588 g/mol. The molecule has 4 atom stereocenters. The first-order valence-electron chi connectivity index (χ1n) is 16.6. The Bertz CT molecular complexity index is 2000. The molecule has 8 bridgehead atoms. The molecule has 8 nitrogen and oxygen atoms in total. The molecule has 0 aromatic carbocycles. The van der Waals surface area contributed by atoms with Crippen LogP contribution in [0.15, 0.2) is 43.5 Å². The van der Waals surface area contributed by atoms with Gasteiger partial charge in [0.1, 0.15) is 0 Å². The molecule has 3 aromatic heterocycles. The van der Waals surface area contributed by atoms with E-state index < -0.39 is 11.7 Å². The lowest BCUT2D eigenvalue weighted by Crippen LogP contribution is -2.28. The molecule has 4 N–H and O–H groups in total. The highest BCUT2D eigenvalue weighted by Crippen LogP contribution is 2.52. The van der Waals surface area contributed by atoms with Gasteiger partial charge in [-0.3, -0.25) is 9.78 Å². The molecule has 1 aliphatic carbocycles. The highest BCUT2D eigenvalue weighted by Gasteiger charge is 2.46. The van der Waals surface area contributed by atoms with Crippen molar-refractivity contribution >= 4 is 39.2 Å². The third kappa shape index (κ3) is 5.37. The van der Waals surface area contributed by atoms with Crippen LogP contribution in [0.1, 0.15) is 115 Å². The molecule has 0 amide bonds. The van der Waals surface area contributed by atoms with E-state index in [2.05, 4.69) is 62.1 Å². The second kappa shape index (κ2) is 12.4. The van der Waals surface area contributed by atoms with Crippen molar-refractivity contribution in [1.82, 2.24) is 19.9 Å². The third-order valence-corrected chi connectivity index (χ3v) is 10.6. The Morgan fingerprint density at radius 3 is 2.49 bits per heavy atom. The Morgan fingerprint density at radius 2 is 1.81 bits per heavy atom. The minimum Gasteiger partial charge on any atom is -0.469 e. The zero-order valence-corrected chi connectivity index (χ0v) is 28.4. The quantitative estimate of drug-likeness (QED) is 0.141. The summed E-state index contributed by atoms with van der Waals surface area (Å²) in [6.45, 7) is 18.3. The number of methoxy groups -OCH3 is 1. The standard InChI is InChI=1S/C39H46N4O4/c1-9-12-33(44)35-22(6)29-16-28-21(5)25(13-14-34(45)47-8)37(42-28)26-19-39(46,15-10-2)36-23(7)30(43-38(26)36)17-31-24(11-3)20(4)27(40-31)18-32(35)41-29/h9-10,16-18,21,25,33,40-41,44,46H,1-2,11-15,19H2,3-8H3/t21-,25-,33?,39?/m0/s1. The van der Waals surface area contributed by atoms with Gasteiger partial charge in [0.2, 0.25) is 0 Å². The lowest BCUT2D eigenvalue weighted by atomic mass is 9.85. The summed E-state index contributed by atoms with van der Waals surface area (Å²) in [6, 6.07) is 6.25. The second-order valence-corrected chi connectivity index (χ2v) is 13.3. The van der Waals surface area contributed by atoms with Gasteiger partial charge in [-0.15, -0.1) is 13.2 Å². The maximum absolute atomic E-state index is 12.4. The lowest BCUT2D eigenvalue weighted by molar-refractivity contribution is -0.140. The van der Waals surface area contributed by atoms with Crippen LogP contribution >= 0.6 is 0 Å². The summed E-state index contributed by atoms with van der Waals surface area (Å²) in [4.78, 5) is 30.1. The van der Waals surface area contributed by atoms with E-state index in [1.807, 2.05) is 13.8 Å². The molecule has 0 spiro atoms. The number of esters is 1. The number of carbonyl (C=O) groups is 1. The summed E-state index contributed by atoms with van der Waals surface area (Å²) in [7, 11) is 1.41. The minimum absolute atomic E-state index is 0.0203. The number of nitrogens with zero attached hydrogens (tertiary/aromatic N) is 2. The van der Waals surface area contributed by atoms with E-state index >= 15 is 0 Å². The van der Waals surface area contributed by atoms with Crippen molar-refractivity contribution in [2.45, 2.75) is 96.7 Å². The van der Waals surface area contributed by atoms with Gasteiger partial charge in [-0.25, -0.2) is 4.98 Å². The van der Waals surface area contributed by atoms with Crippen LogP contribution in [0.3, 0.4) is 0 Å². The van der Waals surface area contributed by atoms with Gasteiger partial charge >= 0.3 is 5.97 Å². The van der Waals surface area contributed by atoms with Crippen molar-refractivity contribution in [1.29, 1.82) is 0 Å². The monoisotopic (exact) mass is 634 g/mol. The molecule has 0 saturated heterocycles. The number of carbonyl (C=O) groups excluding carboxylic acids is 1. The van der Waals surface area contributed by atoms with Crippen LogP contribution in [-0.2, 0) is 22.4 Å². The van der Waals surface area contributed by atoms with E-state index in [-0.39, 0.29) is 24.2 Å². The van der Waals surface area contributed by atoms with E-state index in [4.69, 9.17) is 14.7 Å². The first-order chi connectivity index (χ1) is 22.5. The fraction of sp³-hybridized carbons (Fsp3) is 0.410. The summed E-state index contributed by atoms with van der Waals surface area (Å²) in [5, 5.41) is 23.5. The zero-order chi connectivity index (χ0) is 33.8. The van der Waals surface area contributed by atoms with Crippen molar-refractivity contribution in [3.8, 4) is 0 Å². The topological polar surface area (TPSA) is 124 Å². The number of aliphatic hydroxyl groups is 2. The molecule has 5 heterocycles. The summed E-state index contributed by atoms with van der Waals surface area (Å²) >= 11 is 0. The number of hydrogen-bond acceptors (Lipinski definition) is 6. The summed E-state index contributed by atoms with van der Waals surface area (Å²) in [5.41, 5.74) is 12.6. The lowest BCUT2D eigenvalue weighted by Gasteiger charge is -2.23. The number of ether oxygens (including phenoxy) is 1. The normalized spacial score (nSPS) is 20.9. The largest absolute Gasteiger partial charge is 0.469 e. The average Bonchev–Trinajstić information content (AvgIpc) is 3.78. The molecule has 8 heteroatoms. The molecule has 0 fully saturated rings. The highest BCUT2D eigenvalue weighted by atomic mass is 16.5. The zero-order valence-electron chi connectivity index (χ0n) is 28.4. The van der Waals surface area contributed by atoms with Crippen LogP contribution in [0.5, 0.6) is 0 Å². The number of rotatable bonds is 9. The summed E-state index contributed by atoms with van der Waals surface area (Å²) in [5.74, 6) is -0.366. The molecule has 0 radical (unpaired) electrons. The predicted molar refractivity (Wildman–Crippen MR) is 188 cm³/mol. The number of allylic oxidation sites excluding steroid dienone is 1. The van der Waals surface area contributed by atoms with Crippen molar-refractivity contribution < 1.29 is 19.7 Å². The van der Waals surface area contributed by atoms with Gasteiger partial charge in [-0.2, -0.15) is 0 Å². The Morgan fingerprint density at radius 1 is 1.09 bits per heavy atom. The minimum atomic E-state index is -1.16. The van der Waals surface area contributed by atoms with Gasteiger partial charge in [0, 0.05) is 74.8 Å². The predicted octanol–water partition coefficient (Wildman–Crippen LogP) is 7.74. The van der Waals surface area contributed by atoms with Gasteiger partial charge in [-0.1, -0.05) is 26.0 Å². The third-order valence-electron chi connectivity index (χ3n) is 10.6. The van der Waals surface area contributed by atoms with Gasteiger partial charge in [-0.05, 0) is 86.9 Å². The van der Waals surface area contributed by atoms with Gasteiger partial charge < -0.3 is 24.9 Å². The van der Waals surface area contributed by atoms with Crippen LogP contribution < -0.4 is 0 Å². The van der Waals surface area contributed by atoms with Crippen molar-refractivity contribution in [2.75, 3.05) is 7.11 Å². The molecule has 6 rings (SSSR count). The summed E-state index contributed by atoms with van der Waals surface area (Å²) in [6.07, 6.45) is 5.59. The molecule has 2 aliphatic heterocycles. The number of nitrogens with one attached hydrogen (secondary N) is 2. The second-order valence-electron chi connectivity index (χ2n) is 13.3. The van der Waals surface area contributed by atoms with Gasteiger partial charge in [0.25, 0.3) is 0 Å². The SMILES string of the molecule is C=CCC(O)c1c(C)c2cc3nc(c4c5nc(cc6[nH]c(cc1[nH]2)c(C)c6CC)C(C)=C5C(O)(CC=C)C4)[C@@H](CCC(=O)OC)[C@@H]3C. The molecule has 0 saturated carbocycles. The number of aromatic amines is 2. The average molecular weight is 635 g/mol. The maximum Gasteiger partial charge on any atom is 0.305 e. The Hall–Kier alpha value is -4.27. The van der Waals surface area contributed by atoms with Crippen LogP contribution in [0.2, 0.25) is 0 Å². The van der Waals surface area contributed by atoms with Crippen LogP contribution in [-0.4, -0.2) is 48.8 Å². The number of hydrogen-bond donors (Lipinski definition) is 4. The number of H-pyrrole nitrogens is 2. The number of aliphatic hydroxyl groups excluding tert-OH is 1. The van der Waals surface area contributed by atoms with Crippen LogP contribution in [0.4, 0.5) is 0 Å². The Labute approximate surface area is 276 Å². The van der Waals surface area contributed by atoms with Crippen molar-refractivity contribution in [3.63, 3.8) is 0 Å². The first-order valence-corrected chi connectivity index (χ1v) is 16.6. The molecule has 3 aliphatic rings. The Balaban J connectivity index is 1.77. The van der Waals surface area contributed by atoms with E-state index in [0.717, 1.165) is 84.7 Å². The number of aromatic nitrogens is 4. The molecule has 2 unspecified atom stereocenters. The highest BCUT2D eigenvalue weighted by molar-refractivity contribution is 5.98. The van der Waals surface area contributed by atoms with Crippen molar-refractivity contribution in [3.05, 3.63) is 94.1 Å². The molecular formula is C39H46N4O4. The molecule has 47 heavy (non-hydrogen) atoms. The molecule has 246 valence electrons. The van der Waals surface area contributed by atoms with E-state index in [1.165, 1.54) is 12.7 Å². The first kappa shape index (κ1) is 32.7. The fourth-order valence-electron chi connectivity index (χ4n) is 8.01. The van der Waals surface area contributed by atoms with Crippen LogP contribution in [0, 0.1) is 13.8 Å². The van der Waals surface area contributed by atoms with Crippen LogP contribution in [0.25, 0.3) is 33.2 Å². The number of fused-ring (bicyclic) bond motifs is 8. The van der Waals surface area contributed by atoms with E-state index in [9.17, 15) is 15.0 Å². The van der Waals surface area contributed by atoms with Gasteiger partial charge in [0.15, 0.2) is 0 Å². The fourth-order valence-corrected chi connectivity index (χ4v) is 8.01. The van der Waals surface area contributed by atoms with Gasteiger partial charge in [0.05, 0.1) is 30.2 Å². The van der Waals surface area contributed by atoms with Crippen molar-refractivity contribution in [2.24, 2.45) is 0 Å².